The van der Waals surface area contributed by atoms with Gasteiger partial charge in [-0.3, -0.25) is 0 Å². The quantitative estimate of drug-likeness (QED) is 0.629. The SMILES string of the molecule is Fc1ccc(C(Cl)c2cc(Cl)cc3c2OCC3)cc1Br. The van der Waals surface area contributed by atoms with E-state index in [-0.39, 0.29) is 5.82 Å². The van der Waals surface area contributed by atoms with E-state index in [0.29, 0.717) is 16.1 Å². The zero-order valence-corrected chi connectivity index (χ0v) is 13.4. The van der Waals surface area contributed by atoms with Crippen LogP contribution in [0.15, 0.2) is 34.8 Å². The highest BCUT2D eigenvalue weighted by molar-refractivity contribution is 9.10. The van der Waals surface area contributed by atoms with Gasteiger partial charge in [0.05, 0.1) is 16.5 Å². The Balaban J connectivity index is 2.06. The van der Waals surface area contributed by atoms with Crippen LogP contribution in [0.3, 0.4) is 0 Å². The van der Waals surface area contributed by atoms with E-state index >= 15 is 0 Å². The Morgan fingerprint density at radius 3 is 2.80 bits per heavy atom. The first kappa shape index (κ1) is 14.2. The van der Waals surface area contributed by atoms with Gasteiger partial charge in [-0.05, 0) is 51.3 Å². The van der Waals surface area contributed by atoms with E-state index in [1.54, 1.807) is 18.2 Å². The summed E-state index contributed by atoms with van der Waals surface area (Å²) in [6.45, 7) is 0.638. The van der Waals surface area contributed by atoms with Crippen LogP contribution in [0.4, 0.5) is 4.39 Å². The van der Waals surface area contributed by atoms with Crippen LogP contribution in [0, 0.1) is 5.82 Å². The van der Waals surface area contributed by atoms with E-state index in [9.17, 15) is 4.39 Å². The van der Waals surface area contributed by atoms with Gasteiger partial charge in [-0.1, -0.05) is 17.7 Å². The third-order valence-electron chi connectivity index (χ3n) is 3.29. The summed E-state index contributed by atoms with van der Waals surface area (Å²) in [5.74, 6) is 0.486. The lowest BCUT2D eigenvalue weighted by molar-refractivity contribution is 0.353. The zero-order chi connectivity index (χ0) is 14.3. The lowest BCUT2D eigenvalue weighted by atomic mass is 10.0. The van der Waals surface area contributed by atoms with Crippen LogP contribution in [-0.2, 0) is 6.42 Å². The Bertz CT molecular complexity index is 675. The molecule has 0 bridgehead atoms. The molecule has 2 aromatic carbocycles. The van der Waals surface area contributed by atoms with Crippen LogP contribution in [0.2, 0.25) is 5.02 Å². The molecule has 3 rings (SSSR count). The molecule has 104 valence electrons. The van der Waals surface area contributed by atoms with Crippen LogP contribution >= 0.6 is 39.1 Å². The van der Waals surface area contributed by atoms with Gasteiger partial charge in [0.25, 0.3) is 0 Å². The van der Waals surface area contributed by atoms with E-state index in [0.717, 1.165) is 28.9 Å². The standard InChI is InChI=1S/C15H10BrCl2FO/c16-12-6-8(1-2-13(12)19)14(18)11-7-10(17)5-9-3-4-20-15(9)11/h1-2,5-7,14H,3-4H2. The summed E-state index contributed by atoms with van der Waals surface area (Å²) in [5.41, 5.74) is 2.68. The fourth-order valence-corrected chi connectivity index (χ4v) is 3.28. The van der Waals surface area contributed by atoms with Crippen molar-refractivity contribution in [2.75, 3.05) is 6.61 Å². The molecule has 20 heavy (non-hydrogen) atoms. The zero-order valence-electron chi connectivity index (χ0n) is 10.3. The van der Waals surface area contributed by atoms with Gasteiger partial charge in [-0.15, -0.1) is 11.6 Å². The molecule has 1 aliphatic heterocycles. The highest BCUT2D eigenvalue weighted by atomic mass is 79.9. The summed E-state index contributed by atoms with van der Waals surface area (Å²) in [4.78, 5) is 0. The summed E-state index contributed by atoms with van der Waals surface area (Å²) in [7, 11) is 0. The molecule has 0 saturated heterocycles. The molecule has 0 radical (unpaired) electrons. The fourth-order valence-electron chi connectivity index (χ4n) is 2.34. The number of fused-ring (bicyclic) bond motifs is 1. The van der Waals surface area contributed by atoms with E-state index in [4.69, 9.17) is 27.9 Å². The average molecular weight is 376 g/mol. The van der Waals surface area contributed by atoms with Gasteiger partial charge in [0, 0.05) is 17.0 Å². The van der Waals surface area contributed by atoms with Crippen molar-refractivity contribution in [2.45, 2.75) is 11.8 Å². The number of benzene rings is 2. The topological polar surface area (TPSA) is 9.23 Å². The summed E-state index contributed by atoms with van der Waals surface area (Å²) in [6.07, 6.45) is 0.833. The highest BCUT2D eigenvalue weighted by Gasteiger charge is 2.23. The van der Waals surface area contributed by atoms with Gasteiger partial charge in [0.2, 0.25) is 0 Å². The molecule has 1 aliphatic rings. The van der Waals surface area contributed by atoms with Crippen molar-refractivity contribution in [1.82, 2.24) is 0 Å². The van der Waals surface area contributed by atoms with Crippen molar-refractivity contribution in [1.29, 1.82) is 0 Å². The molecule has 0 saturated carbocycles. The van der Waals surface area contributed by atoms with Crippen molar-refractivity contribution < 1.29 is 9.13 Å². The Hall–Kier alpha value is -0.770. The van der Waals surface area contributed by atoms with Crippen molar-refractivity contribution in [2.24, 2.45) is 0 Å². The Morgan fingerprint density at radius 1 is 1.25 bits per heavy atom. The molecule has 0 amide bonds. The predicted octanol–water partition coefficient (Wildman–Crippen LogP) is 5.50. The van der Waals surface area contributed by atoms with Crippen LogP contribution in [0.25, 0.3) is 0 Å². The maximum Gasteiger partial charge on any atom is 0.137 e. The van der Waals surface area contributed by atoms with Crippen molar-refractivity contribution in [3.05, 3.63) is 62.3 Å². The molecular formula is C15H10BrCl2FO. The summed E-state index contributed by atoms with van der Waals surface area (Å²) in [5, 5.41) is 0.202. The number of alkyl halides is 1. The summed E-state index contributed by atoms with van der Waals surface area (Å²) >= 11 is 15.8. The third kappa shape index (κ3) is 2.54. The van der Waals surface area contributed by atoms with E-state index in [1.165, 1.54) is 6.07 Å². The smallest absolute Gasteiger partial charge is 0.137 e. The molecule has 0 spiro atoms. The lowest BCUT2D eigenvalue weighted by Crippen LogP contribution is -1.98. The highest BCUT2D eigenvalue weighted by Crippen LogP contribution is 2.42. The van der Waals surface area contributed by atoms with Gasteiger partial charge >= 0.3 is 0 Å². The molecule has 5 heteroatoms. The predicted molar refractivity (Wildman–Crippen MR) is 82.4 cm³/mol. The first-order valence-electron chi connectivity index (χ1n) is 6.10. The molecule has 0 aliphatic carbocycles. The minimum Gasteiger partial charge on any atom is -0.493 e. The van der Waals surface area contributed by atoms with E-state index in [1.807, 2.05) is 6.07 Å². The second kappa shape index (κ2) is 5.55. The number of ether oxygens (including phenoxy) is 1. The molecule has 1 unspecified atom stereocenters. The second-order valence-corrected chi connectivity index (χ2v) is 6.35. The maximum absolute atomic E-state index is 13.3. The van der Waals surface area contributed by atoms with Crippen molar-refractivity contribution in [3.63, 3.8) is 0 Å². The van der Waals surface area contributed by atoms with Crippen molar-refractivity contribution >= 4 is 39.1 Å². The molecular weight excluding hydrogens is 366 g/mol. The van der Waals surface area contributed by atoms with Gasteiger partial charge in [0.15, 0.2) is 0 Å². The lowest BCUT2D eigenvalue weighted by Gasteiger charge is -2.15. The minimum absolute atomic E-state index is 0.315. The molecule has 0 N–H and O–H groups in total. The largest absolute Gasteiger partial charge is 0.493 e. The van der Waals surface area contributed by atoms with Crippen molar-refractivity contribution in [3.8, 4) is 5.75 Å². The monoisotopic (exact) mass is 374 g/mol. The third-order valence-corrected chi connectivity index (χ3v) is 4.60. The number of hydrogen-bond acceptors (Lipinski definition) is 1. The maximum atomic E-state index is 13.3. The molecule has 0 fully saturated rings. The van der Waals surface area contributed by atoms with Gasteiger partial charge in [-0.25, -0.2) is 4.39 Å². The number of hydrogen-bond donors (Lipinski definition) is 0. The van der Waals surface area contributed by atoms with Gasteiger partial charge in [0.1, 0.15) is 11.6 Å². The Labute approximate surface area is 134 Å². The summed E-state index contributed by atoms with van der Waals surface area (Å²) < 4.78 is 19.4. The molecule has 1 atom stereocenters. The molecule has 1 nitrogen and oxygen atoms in total. The number of rotatable bonds is 2. The first-order valence-corrected chi connectivity index (χ1v) is 7.71. The normalized spacial score (nSPS) is 14.8. The first-order chi connectivity index (χ1) is 9.56. The van der Waals surface area contributed by atoms with E-state index in [2.05, 4.69) is 15.9 Å². The van der Waals surface area contributed by atoms with E-state index < -0.39 is 5.38 Å². The second-order valence-electron chi connectivity index (χ2n) is 4.62. The fraction of sp³-hybridized carbons (Fsp3) is 0.200. The molecule has 1 heterocycles. The summed E-state index contributed by atoms with van der Waals surface area (Å²) in [6, 6.07) is 8.44. The number of halogens is 4. The van der Waals surface area contributed by atoms with Crippen LogP contribution < -0.4 is 4.74 Å². The van der Waals surface area contributed by atoms with Gasteiger partial charge < -0.3 is 4.74 Å². The Morgan fingerprint density at radius 2 is 2.05 bits per heavy atom. The van der Waals surface area contributed by atoms with Crippen LogP contribution in [-0.4, -0.2) is 6.61 Å². The van der Waals surface area contributed by atoms with Crippen LogP contribution in [0.5, 0.6) is 5.75 Å². The van der Waals surface area contributed by atoms with Crippen LogP contribution in [0.1, 0.15) is 22.1 Å². The minimum atomic E-state index is -0.433. The Kier molecular flexibility index (Phi) is 3.93. The molecule has 0 aromatic heterocycles. The van der Waals surface area contributed by atoms with Gasteiger partial charge in [-0.2, -0.15) is 0 Å². The molecule has 2 aromatic rings. The average Bonchev–Trinajstić information content (AvgIpc) is 2.88.